The summed E-state index contributed by atoms with van der Waals surface area (Å²) in [6.45, 7) is 1.93. The average Bonchev–Trinajstić information content (AvgIpc) is 2.92. The van der Waals surface area contributed by atoms with Crippen LogP contribution in [0.25, 0.3) is 22.3 Å². The summed E-state index contributed by atoms with van der Waals surface area (Å²) >= 11 is 1.96. The smallest absolute Gasteiger partial charge is 0.432 e. The van der Waals surface area contributed by atoms with Gasteiger partial charge in [0.1, 0.15) is 26.2 Å². The molecule has 0 aliphatic heterocycles. The SMILES string of the molecule is COc1cc2c(nc1-c1cccc(CC#N)c1C)c(I)nn2C(=O)O. The molecule has 0 fully saturated rings. The number of nitriles is 1. The van der Waals surface area contributed by atoms with Crippen LogP contribution in [0.5, 0.6) is 5.75 Å². The highest BCUT2D eigenvalue weighted by Crippen LogP contribution is 2.35. The second-order valence-electron chi connectivity index (χ2n) is 5.32. The molecule has 3 rings (SSSR count). The Kier molecular flexibility index (Phi) is 4.59. The Morgan fingerprint density at radius 3 is 2.88 bits per heavy atom. The summed E-state index contributed by atoms with van der Waals surface area (Å²) in [7, 11) is 1.51. The van der Waals surface area contributed by atoms with E-state index in [0.29, 0.717) is 32.6 Å². The molecular weight excluding hydrogens is 435 g/mol. The van der Waals surface area contributed by atoms with Gasteiger partial charge in [0.25, 0.3) is 0 Å². The maximum Gasteiger partial charge on any atom is 0.432 e. The van der Waals surface area contributed by atoms with Crippen molar-refractivity contribution in [2.45, 2.75) is 13.3 Å². The normalized spacial score (nSPS) is 10.6. The summed E-state index contributed by atoms with van der Waals surface area (Å²) in [5.41, 5.74) is 4.14. The van der Waals surface area contributed by atoms with Crippen molar-refractivity contribution in [1.82, 2.24) is 14.8 Å². The molecule has 3 aromatic rings. The Morgan fingerprint density at radius 1 is 1.48 bits per heavy atom. The highest BCUT2D eigenvalue weighted by Gasteiger charge is 2.20. The van der Waals surface area contributed by atoms with Crippen LogP contribution in [0.4, 0.5) is 4.79 Å². The zero-order valence-corrected chi connectivity index (χ0v) is 15.6. The van der Waals surface area contributed by atoms with Crippen molar-refractivity contribution in [2.75, 3.05) is 7.11 Å². The van der Waals surface area contributed by atoms with E-state index in [1.54, 1.807) is 6.07 Å². The molecule has 0 amide bonds. The summed E-state index contributed by atoms with van der Waals surface area (Å²) in [5, 5.41) is 22.3. The number of hydrogen-bond donors (Lipinski definition) is 1. The molecule has 2 heterocycles. The van der Waals surface area contributed by atoms with Gasteiger partial charge in [0, 0.05) is 11.6 Å². The summed E-state index contributed by atoms with van der Waals surface area (Å²) < 4.78 is 6.82. The van der Waals surface area contributed by atoms with Crippen LogP contribution in [0.3, 0.4) is 0 Å². The summed E-state index contributed by atoms with van der Waals surface area (Å²) in [4.78, 5) is 16.0. The fourth-order valence-electron chi connectivity index (χ4n) is 2.70. The molecule has 2 aromatic heterocycles. The molecule has 126 valence electrons. The molecule has 1 N–H and O–H groups in total. The van der Waals surface area contributed by atoms with E-state index in [1.807, 2.05) is 47.7 Å². The first kappa shape index (κ1) is 17.2. The van der Waals surface area contributed by atoms with Gasteiger partial charge in [-0.05, 0) is 40.6 Å². The van der Waals surface area contributed by atoms with Gasteiger partial charge < -0.3 is 9.84 Å². The lowest BCUT2D eigenvalue weighted by Gasteiger charge is -2.13. The van der Waals surface area contributed by atoms with E-state index >= 15 is 0 Å². The van der Waals surface area contributed by atoms with Gasteiger partial charge >= 0.3 is 6.09 Å². The minimum absolute atomic E-state index is 0.304. The fourth-order valence-corrected chi connectivity index (χ4v) is 3.31. The van der Waals surface area contributed by atoms with Crippen LogP contribution in [0.1, 0.15) is 11.1 Å². The lowest BCUT2D eigenvalue weighted by Crippen LogP contribution is -2.09. The monoisotopic (exact) mass is 448 g/mol. The predicted molar refractivity (Wildman–Crippen MR) is 99.7 cm³/mol. The maximum atomic E-state index is 11.4. The molecule has 0 saturated carbocycles. The molecule has 8 heteroatoms. The van der Waals surface area contributed by atoms with E-state index in [-0.39, 0.29) is 0 Å². The van der Waals surface area contributed by atoms with E-state index in [2.05, 4.69) is 16.2 Å². The van der Waals surface area contributed by atoms with E-state index in [1.165, 1.54) is 7.11 Å². The van der Waals surface area contributed by atoms with Crippen LogP contribution in [0.15, 0.2) is 24.3 Å². The molecule has 25 heavy (non-hydrogen) atoms. The first-order chi connectivity index (χ1) is 12.0. The number of nitrogens with zero attached hydrogens (tertiary/aromatic N) is 4. The van der Waals surface area contributed by atoms with E-state index < -0.39 is 6.09 Å². The number of fused-ring (bicyclic) bond motifs is 1. The number of carbonyl (C=O) groups is 1. The molecule has 0 atom stereocenters. The molecule has 0 unspecified atom stereocenters. The number of ether oxygens (including phenoxy) is 1. The van der Waals surface area contributed by atoms with Crippen LogP contribution in [-0.4, -0.2) is 33.1 Å². The molecule has 0 aliphatic rings. The largest absolute Gasteiger partial charge is 0.494 e. The van der Waals surface area contributed by atoms with Crippen molar-refractivity contribution in [3.05, 3.63) is 39.1 Å². The lowest BCUT2D eigenvalue weighted by molar-refractivity contribution is 0.194. The van der Waals surface area contributed by atoms with Gasteiger partial charge in [0.2, 0.25) is 0 Å². The number of pyridine rings is 1. The molecule has 7 nitrogen and oxygen atoms in total. The minimum Gasteiger partial charge on any atom is -0.494 e. The zero-order chi connectivity index (χ0) is 18.1. The Morgan fingerprint density at radius 2 is 2.24 bits per heavy atom. The number of aromatic nitrogens is 3. The zero-order valence-electron chi connectivity index (χ0n) is 13.4. The quantitative estimate of drug-likeness (QED) is 0.615. The third-order valence-electron chi connectivity index (χ3n) is 3.95. The molecule has 1 aromatic carbocycles. The molecule has 0 radical (unpaired) electrons. The molecule has 0 spiro atoms. The van der Waals surface area contributed by atoms with Gasteiger partial charge in [-0.2, -0.15) is 15.0 Å². The van der Waals surface area contributed by atoms with E-state index in [4.69, 9.17) is 10.00 Å². The van der Waals surface area contributed by atoms with Crippen molar-refractivity contribution >= 4 is 39.7 Å². The number of carboxylic acid groups (broad SMARTS) is 1. The summed E-state index contributed by atoms with van der Waals surface area (Å²) in [5.74, 6) is 0.448. The van der Waals surface area contributed by atoms with Crippen molar-refractivity contribution in [2.24, 2.45) is 0 Å². The van der Waals surface area contributed by atoms with E-state index in [9.17, 15) is 9.90 Å². The van der Waals surface area contributed by atoms with Gasteiger partial charge in [-0.25, -0.2) is 9.78 Å². The molecule has 0 saturated heterocycles. The first-order valence-electron chi connectivity index (χ1n) is 7.30. The lowest BCUT2D eigenvalue weighted by atomic mass is 9.97. The maximum absolute atomic E-state index is 11.4. The highest BCUT2D eigenvalue weighted by atomic mass is 127. The number of methoxy groups -OCH3 is 1. The van der Waals surface area contributed by atoms with Gasteiger partial charge in [0.05, 0.1) is 19.6 Å². The van der Waals surface area contributed by atoms with Gasteiger partial charge in [0.15, 0.2) is 0 Å². The molecule has 0 bridgehead atoms. The second-order valence-corrected chi connectivity index (χ2v) is 6.34. The minimum atomic E-state index is -1.18. The number of benzene rings is 1. The van der Waals surface area contributed by atoms with Crippen LogP contribution >= 0.6 is 22.6 Å². The third kappa shape index (κ3) is 2.91. The highest BCUT2D eigenvalue weighted by molar-refractivity contribution is 14.1. The Hall–Kier alpha value is -2.67. The predicted octanol–water partition coefficient (Wildman–Crippen LogP) is 3.61. The van der Waals surface area contributed by atoms with Crippen molar-refractivity contribution in [1.29, 1.82) is 5.26 Å². The topological polar surface area (TPSA) is 101 Å². The summed E-state index contributed by atoms with van der Waals surface area (Å²) in [6, 6.07) is 9.45. The Bertz CT molecular complexity index is 1040. The third-order valence-corrected chi connectivity index (χ3v) is 4.68. The van der Waals surface area contributed by atoms with Crippen LogP contribution in [0.2, 0.25) is 0 Å². The van der Waals surface area contributed by atoms with Crippen LogP contribution in [-0.2, 0) is 6.42 Å². The second kappa shape index (κ2) is 6.68. The standard InChI is InChI=1S/C17H13IN4O3/c1-9-10(6-7-19)4-3-5-11(9)14-13(25-2)8-12-15(20-14)16(18)21-22(12)17(23)24/h3-5,8H,6H2,1-2H3,(H,23,24). The fraction of sp³-hybridized carbons (Fsp3) is 0.176. The average molecular weight is 448 g/mol. The number of rotatable bonds is 3. The number of hydrogen-bond acceptors (Lipinski definition) is 5. The Balaban J connectivity index is 2.31. The van der Waals surface area contributed by atoms with Gasteiger partial charge in [-0.3, -0.25) is 0 Å². The molecule has 0 aliphatic carbocycles. The van der Waals surface area contributed by atoms with Crippen LogP contribution in [0, 0.1) is 22.0 Å². The first-order valence-corrected chi connectivity index (χ1v) is 8.38. The van der Waals surface area contributed by atoms with Gasteiger partial charge in [-0.15, -0.1) is 0 Å². The van der Waals surface area contributed by atoms with Gasteiger partial charge in [-0.1, -0.05) is 18.2 Å². The molecular formula is C17H13IN4O3. The van der Waals surface area contributed by atoms with E-state index in [0.717, 1.165) is 21.4 Å². The van der Waals surface area contributed by atoms with Crippen molar-refractivity contribution in [3.8, 4) is 23.1 Å². The summed E-state index contributed by atoms with van der Waals surface area (Å²) in [6.07, 6.45) is -0.879. The number of halogens is 1. The van der Waals surface area contributed by atoms with Crippen molar-refractivity contribution in [3.63, 3.8) is 0 Å². The van der Waals surface area contributed by atoms with Crippen molar-refractivity contribution < 1.29 is 14.6 Å². The Labute approximate surface area is 157 Å². The van der Waals surface area contributed by atoms with Crippen LogP contribution < -0.4 is 4.74 Å².